The van der Waals surface area contributed by atoms with Crippen molar-refractivity contribution in [1.29, 1.82) is 0 Å². The van der Waals surface area contributed by atoms with Crippen LogP contribution in [0.2, 0.25) is 36.3 Å². The summed E-state index contributed by atoms with van der Waals surface area (Å²) in [6, 6.07) is 12.2. The number of hydrogen-bond acceptors (Lipinski definition) is 2. The van der Waals surface area contributed by atoms with E-state index in [1.807, 2.05) is 0 Å². The van der Waals surface area contributed by atoms with Crippen LogP contribution < -0.4 is 5.38 Å². The SMILES string of the molecule is CC[Si](CC)(CC)c1oc2ccccc2c1CO[Si](C)(C)C(C)(C)C. The van der Waals surface area contributed by atoms with E-state index in [2.05, 4.69) is 78.9 Å². The summed E-state index contributed by atoms with van der Waals surface area (Å²) < 4.78 is 13.1. The summed E-state index contributed by atoms with van der Waals surface area (Å²) >= 11 is 0. The van der Waals surface area contributed by atoms with E-state index >= 15 is 0 Å². The summed E-state index contributed by atoms with van der Waals surface area (Å²) in [5.74, 6) is 0. The Kier molecular flexibility index (Phi) is 6.07. The quantitative estimate of drug-likeness (QED) is 0.503. The Labute approximate surface area is 156 Å². The van der Waals surface area contributed by atoms with E-state index in [-0.39, 0.29) is 5.04 Å². The van der Waals surface area contributed by atoms with Crippen LogP contribution in [-0.4, -0.2) is 16.4 Å². The second-order valence-electron chi connectivity index (χ2n) is 8.80. The first kappa shape index (κ1) is 20.5. The third-order valence-electron chi connectivity index (χ3n) is 6.59. The molecule has 0 aliphatic carbocycles. The molecule has 0 atom stereocenters. The van der Waals surface area contributed by atoms with E-state index in [4.69, 9.17) is 8.84 Å². The van der Waals surface area contributed by atoms with E-state index in [0.717, 1.165) is 5.58 Å². The van der Waals surface area contributed by atoms with Crippen LogP contribution in [0.1, 0.15) is 47.1 Å². The van der Waals surface area contributed by atoms with Gasteiger partial charge in [-0.05, 0) is 24.2 Å². The summed E-state index contributed by atoms with van der Waals surface area (Å²) in [4.78, 5) is 0. The van der Waals surface area contributed by atoms with Crippen LogP contribution in [0.15, 0.2) is 28.7 Å². The zero-order valence-electron chi connectivity index (χ0n) is 17.5. The highest BCUT2D eigenvalue weighted by atomic mass is 28.4. The second kappa shape index (κ2) is 7.41. The molecule has 2 rings (SSSR count). The van der Waals surface area contributed by atoms with Crippen molar-refractivity contribution in [2.24, 2.45) is 0 Å². The Morgan fingerprint density at radius 2 is 1.52 bits per heavy atom. The maximum atomic E-state index is 6.62. The van der Waals surface area contributed by atoms with Crippen molar-refractivity contribution in [3.05, 3.63) is 29.8 Å². The molecule has 2 nitrogen and oxygen atoms in total. The Bertz CT molecular complexity index is 698. The number of para-hydroxylation sites is 1. The van der Waals surface area contributed by atoms with Crippen molar-refractivity contribution in [3.63, 3.8) is 0 Å². The molecule has 0 fully saturated rings. The molecular weight excluding hydrogens is 340 g/mol. The molecule has 0 saturated heterocycles. The predicted octanol–water partition coefficient (Wildman–Crippen LogP) is 6.67. The molecule has 0 unspecified atom stereocenters. The normalized spacial score (nSPS) is 13.6. The first-order chi connectivity index (χ1) is 11.6. The summed E-state index contributed by atoms with van der Waals surface area (Å²) in [6.45, 7) is 19.3. The number of rotatable bonds is 7. The number of furan rings is 1. The largest absolute Gasteiger partial charge is 0.466 e. The lowest BCUT2D eigenvalue weighted by molar-refractivity contribution is 0.277. The van der Waals surface area contributed by atoms with E-state index in [9.17, 15) is 0 Å². The fourth-order valence-corrected chi connectivity index (χ4v) is 7.95. The molecular formula is C21H36O2Si2. The van der Waals surface area contributed by atoms with Gasteiger partial charge in [0.2, 0.25) is 0 Å². The van der Waals surface area contributed by atoms with Gasteiger partial charge >= 0.3 is 0 Å². The minimum absolute atomic E-state index is 0.224. The minimum Gasteiger partial charge on any atom is -0.466 e. The van der Waals surface area contributed by atoms with Gasteiger partial charge in [0.1, 0.15) is 13.7 Å². The highest BCUT2D eigenvalue weighted by Gasteiger charge is 2.40. The molecule has 1 aromatic carbocycles. The molecule has 25 heavy (non-hydrogen) atoms. The summed E-state index contributed by atoms with van der Waals surface area (Å²) in [5.41, 5.74) is 2.36. The van der Waals surface area contributed by atoms with Crippen LogP contribution in [0.5, 0.6) is 0 Å². The molecule has 0 aliphatic heterocycles. The smallest absolute Gasteiger partial charge is 0.192 e. The topological polar surface area (TPSA) is 22.4 Å². The maximum absolute atomic E-state index is 6.62. The maximum Gasteiger partial charge on any atom is 0.192 e. The molecule has 4 heteroatoms. The first-order valence-corrected chi connectivity index (χ1v) is 15.3. The van der Waals surface area contributed by atoms with E-state index in [1.54, 1.807) is 0 Å². The molecule has 1 aromatic heterocycles. The van der Waals surface area contributed by atoms with Gasteiger partial charge in [-0.2, -0.15) is 0 Å². The Balaban J connectivity index is 2.52. The van der Waals surface area contributed by atoms with Crippen molar-refractivity contribution >= 4 is 32.7 Å². The van der Waals surface area contributed by atoms with Gasteiger partial charge in [0.15, 0.2) is 8.32 Å². The lowest BCUT2D eigenvalue weighted by Gasteiger charge is -2.36. The van der Waals surface area contributed by atoms with Gasteiger partial charge in [-0.1, -0.05) is 77.9 Å². The minimum atomic E-state index is -1.79. The average molecular weight is 377 g/mol. The van der Waals surface area contributed by atoms with Crippen molar-refractivity contribution in [3.8, 4) is 0 Å². The zero-order valence-corrected chi connectivity index (χ0v) is 19.5. The van der Waals surface area contributed by atoms with Crippen molar-refractivity contribution in [2.45, 2.75) is 84.4 Å². The lowest BCUT2D eigenvalue weighted by Crippen LogP contribution is -2.47. The van der Waals surface area contributed by atoms with Crippen LogP contribution in [0.4, 0.5) is 0 Å². The van der Waals surface area contributed by atoms with E-state index in [0.29, 0.717) is 6.61 Å². The van der Waals surface area contributed by atoms with Crippen LogP contribution in [0.25, 0.3) is 11.0 Å². The highest BCUT2D eigenvalue weighted by molar-refractivity contribution is 6.91. The first-order valence-electron chi connectivity index (χ1n) is 9.76. The van der Waals surface area contributed by atoms with Crippen LogP contribution in [-0.2, 0) is 11.0 Å². The van der Waals surface area contributed by atoms with E-state index < -0.39 is 16.4 Å². The molecule has 0 aliphatic rings. The Hall–Kier alpha value is -0.846. The predicted molar refractivity (Wildman–Crippen MR) is 115 cm³/mol. The molecule has 1 heterocycles. The Morgan fingerprint density at radius 3 is 2.04 bits per heavy atom. The van der Waals surface area contributed by atoms with Gasteiger partial charge in [0.25, 0.3) is 0 Å². The Morgan fingerprint density at radius 1 is 0.960 bits per heavy atom. The number of hydrogen-bond donors (Lipinski definition) is 0. The van der Waals surface area contributed by atoms with Gasteiger partial charge in [0, 0.05) is 10.9 Å². The van der Waals surface area contributed by atoms with Gasteiger partial charge in [-0.15, -0.1) is 0 Å². The van der Waals surface area contributed by atoms with Crippen LogP contribution in [0.3, 0.4) is 0 Å². The third kappa shape index (κ3) is 3.81. The summed E-state index contributed by atoms with van der Waals surface area (Å²) in [6.07, 6.45) is 0. The van der Waals surface area contributed by atoms with Crippen LogP contribution >= 0.6 is 0 Å². The summed E-state index contributed by atoms with van der Waals surface area (Å²) in [5, 5.41) is 2.77. The van der Waals surface area contributed by atoms with Crippen molar-refractivity contribution in [2.75, 3.05) is 0 Å². The molecule has 0 N–H and O–H groups in total. The molecule has 140 valence electrons. The number of fused-ring (bicyclic) bond motifs is 1. The molecule has 2 aromatic rings. The lowest BCUT2D eigenvalue weighted by atomic mass is 10.2. The molecule has 0 spiro atoms. The fourth-order valence-electron chi connectivity index (χ4n) is 3.37. The van der Waals surface area contributed by atoms with Crippen LogP contribution in [0, 0.1) is 0 Å². The molecule has 0 radical (unpaired) electrons. The van der Waals surface area contributed by atoms with Crippen molar-refractivity contribution < 1.29 is 8.84 Å². The standard InChI is InChI=1S/C21H36O2Si2/c1-9-25(10-2,11-3)20-18(16-22-24(7,8)21(4,5)6)17-14-12-13-15-19(17)23-20/h12-15H,9-11,16H2,1-8H3. The monoisotopic (exact) mass is 376 g/mol. The molecule has 0 saturated carbocycles. The number of benzene rings is 1. The molecule has 0 bridgehead atoms. The second-order valence-corrected chi connectivity index (χ2v) is 18.7. The highest BCUT2D eigenvalue weighted by Crippen LogP contribution is 2.38. The fraction of sp³-hybridized carbons (Fsp3) is 0.619. The van der Waals surface area contributed by atoms with Crippen molar-refractivity contribution in [1.82, 2.24) is 0 Å². The molecule has 0 amide bonds. The van der Waals surface area contributed by atoms with E-state index in [1.165, 1.54) is 34.5 Å². The van der Waals surface area contributed by atoms with Gasteiger partial charge in [0.05, 0.1) is 12.0 Å². The van der Waals surface area contributed by atoms with Gasteiger partial charge < -0.3 is 8.84 Å². The van der Waals surface area contributed by atoms with Gasteiger partial charge in [-0.3, -0.25) is 0 Å². The van der Waals surface area contributed by atoms with Gasteiger partial charge in [-0.25, -0.2) is 0 Å². The third-order valence-corrected chi connectivity index (χ3v) is 16.5. The summed E-state index contributed by atoms with van der Waals surface area (Å²) in [7, 11) is -3.38. The average Bonchev–Trinajstić information content (AvgIpc) is 2.93. The zero-order chi connectivity index (χ0) is 18.9.